The highest BCUT2D eigenvalue weighted by Crippen LogP contribution is 2.25. The third-order valence-corrected chi connectivity index (χ3v) is 4.29. The largest absolute Gasteiger partial charge is 0.385 e. The van der Waals surface area contributed by atoms with Crippen molar-refractivity contribution in [2.45, 2.75) is 37.5 Å². The van der Waals surface area contributed by atoms with Gasteiger partial charge in [0.25, 0.3) is 0 Å². The third kappa shape index (κ3) is 6.29. The van der Waals surface area contributed by atoms with E-state index < -0.39 is 0 Å². The molecule has 0 aromatic rings. The van der Waals surface area contributed by atoms with E-state index in [1.807, 2.05) is 18.7 Å². The molecule has 100 valence electrons. The second-order valence-electron chi connectivity index (χ2n) is 4.40. The van der Waals surface area contributed by atoms with Crippen LogP contribution in [0.5, 0.6) is 0 Å². The van der Waals surface area contributed by atoms with E-state index in [-0.39, 0.29) is 11.9 Å². The number of nitrogens with one attached hydrogen (secondary N) is 2. The van der Waals surface area contributed by atoms with Crippen LogP contribution in [-0.2, 0) is 9.53 Å². The van der Waals surface area contributed by atoms with Crippen LogP contribution in [-0.4, -0.2) is 49.8 Å². The molecule has 17 heavy (non-hydrogen) atoms. The summed E-state index contributed by atoms with van der Waals surface area (Å²) in [7, 11) is 1.67. The summed E-state index contributed by atoms with van der Waals surface area (Å²) >= 11 is 2.01. The van der Waals surface area contributed by atoms with E-state index in [9.17, 15) is 4.79 Å². The molecule has 1 aliphatic heterocycles. The normalized spacial score (nSPS) is 21.4. The lowest BCUT2D eigenvalue weighted by atomic mass is 10.2. The molecule has 0 aliphatic carbocycles. The molecule has 1 aliphatic rings. The van der Waals surface area contributed by atoms with Crippen molar-refractivity contribution in [3.8, 4) is 0 Å². The van der Waals surface area contributed by atoms with Gasteiger partial charge in [-0.1, -0.05) is 0 Å². The van der Waals surface area contributed by atoms with Gasteiger partial charge in [-0.3, -0.25) is 4.79 Å². The fourth-order valence-corrected chi connectivity index (χ4v) is 3.00. The molecule has 0 radical (unpaired) electrons. The predicted molar refractivity (Wildman–Crippen MR) is 72.4 cm³/mol. The maximum absolute atomic E-state index is 11.7. The molecule has 1 amide bonds. The van der Waals surface area contributed by atoms with E-state index in [2.05, 4.69) is 10.6 Å². The maximum Gasteiger partial charge on any atom is 0.236 e. The highest BCUT2D eigenvalue weighted by molar-refractivity contribution is 8.00. The highest BCUT2D eigenvalue weighted by Gasteiger charge is 2.18. The molecule has 2 atom stereocenters. The van der Waals surface area contributed by atoms with Crippen LogP contribution < -0.4 is 10.6 Å². The van der Waals surface area contributed by atoms with E-state index in [4.69, 9.17) is 4.74 Å². The maximum atomic E-state index is 11.7. The standard InChI is InChI=1S/C12H24N2O2S/c1-10(12(15)13-6-4-7-16-2)14-9-11-5-3-8-17-11/h10-11,14H,3-9H2,1-2H3,(H,13,15). The minimum Gasteiger partial charge on any atom is -0.385 e. The number of ether oxygens (including phenoxy) is 1. The third-order valence-electron chi connectivity index (χ3n) is 2.89. The predicted octanol–water partition coefficient (Wildman–Crippen LogP) is 1.01. The Balaban J connectivity index is 2.04. The lowest BCUT2D eigenvalue weighted by molar-refractivity contribution is -0.122. The molecule has 1 rings (SSSR count). The molecule has 0 bridgehead atoms. The number of hydrogen-bond donors (Lipinski definition) is 2. The van der Waals surface area contributed by atoms with E-state index >= 15 is 0 Å². The Morgan fingerprint density at radius 3 is 3.06 bits per heavy atom. The molecule has 2 N–H and O–H groups in total. The Morgan fingerprint density at radius 2 is 2.41 bits per heavy atom. The zero-order chi connectivity index (χ0) is 12.5. The Labute approximate surface area is 108 Å². The molecule has 0 saturated carbocycles. The number of rotatable bonds is 8. The highest BCUT2D eigenvalue weighted by atomic mass is 32.2. The molecule has 5 heteroatoms. The van der Waals surface area contributed by atoms with Gasteiger partial charge in [0.1, 0.15) is 0 Å². The molecule has 0 aromatic heterocycles. The second kappa shape index (κ2) is 8.78. The van der Waals surface area contributed by atoms with Crippen LogP contribution in [0.25, 0.3) is 0 Å². The van der Waals surface area contributed by atoms with Crippen molar-refractivity contribution in [1.29, 1.82) is 0 Å². The molecule has 1 fully saturated rings. The number of amides is 1. The summed E-state index contributed by atoms with van der Waals surface area (Å²) in [5, 5.41) is 6.90. The molecule has 4 nitrogen and oxygen atoms in total. The second-order valence-corrected chi connectivity index (χ2v) is 5.81. The van der Waals surface area contributed by atoms with Gasteiger partial charge < -0.3 is 15.4 Å². The van der Waals surface area contributed by atoms with E-state index in [1.54, 1.807) is 7.11 Å². The minimum atomic E-state index is -0.0984. The first-order valence-electron chi connectivity index (χ1n) is 6.35. The SMILES string of the molecule is COCCCNC(=O)C(C)NCC1CCCS1. The van der Waals surface area contributed by atoms with Crippen molar-refractivity contribution in [3.05, 3.63) is 0 Å². The summed E-state index contributed by atoms with van der Waals surface area (Å²) in [6.07, 6.45) is 3.46. The van der Waals surface area contributed by atoms with Gasteiger partial charge in [0.2, 0.25) is 5.91 Å². The van der Waals surface area contributed by atoms with Crippen molar-refractivity contribution in [3.63, 3.8) is 0 Å². The van der Waals surface area contributed by atoms with Crippen LogP contribution >= 0.6 is 11.8 Å². The number of thioether (sulfide) groups is 1. The first-order chi connectivity index (χ1) is 8.24. The average molecular weight is 260 g/mol. The van der Waals surface area contributed by atoms with E-state index in [1.165, 1.54) is 18.6 Å². The van der Waals surface area contributed by atoms with E-state index in [0.717, 1.165) is 13.0 Å². The van der Waals surface area contributed by atoms with Gasteiger partial charge in [0.15, 0.2) is 0 Å². The van der Waals surface area contributed by atoms with Crippen molar-refractivity contribution >= 4 is 17.7 Å². The quantitative estimate of drug-likeness (QED) is 0.640. The van der Waals surface area contributed by atoms with Gasteiger partial charge in [0, 0.05) is 32.1 Å². The summed E-state index contributed by atoms with van der Waals surface area (Å²) in [4.78, 5) is 11.7. The Kier molecular flexibility index (Phi) is 7.64. The van der Waals surface area contributed by atoms with Crippen molar-refractivity contribution in [2.75, 3.05) is 32.6 Å². The van der Waals surface area contributed by atoms with Crippen LogP contribution in [0.2, 0.25) is 0 Å². The number of carbonyl (C=O) groups excluding carboxylic acids is 1. The van der Waals surface area contributed by atoms with Gasteiger partial charge in [-0.05, 0) is 31.9 Å². The number of carbonyl (C=O) groups is 1. The van der Waals surface area contributed by atoms with Gasteiger partial charge in [0.05, 0.1) is 6.04 Å². The molecule has 2 unspecified atom stereocenters. The van der Waals surface area contributed by atoms with Gasteiger partial charge in [-0.2, -0.15) is 11.8 Å². The Morgan fingerprint density at radius 1 is 1.59 bits per heavy atom. The fraction of sp³-hybridized carbons (Fsp3) is 0.917. The van der Waals surface area contributed by atoms with Crippen molar-refractivity contribution in [2.24, 2.45) is 0 Å². The Hall–Kier alpha value is -0.260. The van der Waals surface area contributed by atoms with E-state index in [0.29, 0.717) is 18.4 Å². The van der Waals surface area contributed by atoms with Gasteiger partial charge >= 0.3 is 0 Å². The summed E-state index contributed by atoms with van der Waals surface area (Å²) < 4.78 is 4.93. The minimum absolute atomic E-state index is 0.0871. The smallest absolute Gasteiger partial charge is 0.236 e. The monoisotopic (exact) mass is 260 g/mol. The topological polar surface area (TPSA) is 50.4 Å². The van der Waals surface area contributed by atoms with Gasteiger partial charge in [-0.15, -0.1) is 0 Å². The summed E-state index contributed by atoms with van der Waals surface area (Å²) in [6, 6.07) is -0.0984. The Bertz CT molecular complexity index is 221. The molecular formula is C12H24N2O2S. The van der Waals surface area contributed by atoms with Crippen molar-refractivity contribution < 1.29 is 9.53 Å². The van der Waals surface area contributed by atoms with Crippen LogP contribution in [0.15, 0.2) is 0 Å². The molecule has 0 aromatic carbocycles. The zero-order valence-electron chi connectivity index (χ0n) is 10.8. The summed E-state index contributed by atoms with van der Waals surface area (Å²) in [5.41, 5.74) is 0. The number of hydrogen-bond acceptors (Lipinski definition) is 4. The molecular weight excluding hydrogens is 236 g/mol. The van der Waals surface area contributed by atoms with Crippen LogP contribution in [0, 0.1) is 0 Å². The van der Waals surface area contributed by atoms with Crippen LogP contribution in [0.1, 0.15) is 26.2 Å². The lowest BCUT2D eigenvalue weighted by Crippen LogP contribution is -2.44. The lowest BCUT2D eigenvalue weighted by Gasteiger charge is -2.16. The average Bonchev–Trinajstić information content (AvgIpc) is 2.84. The van der Waals surface area contributed by atoms with Crippen molar-refractivity contribution in [1.82, 2.24) is 10.6 Å². The molecule has 1 heterocycles. The number of methoxy groups -OCH3 is 1. The molecule has 1 saturated heterocycles. The summed E-state index contributed by atoms with van der Waals surface area (Å²) in [5.74, 6) is 1.35. The first kappa shape index (κ1) is 14.8. The zero-order valence-corrected chi connectivity index (χ0v) is 11.6. The molecule has 0 spiro atoms. The first-order valence-corrected chi connectivity index (χ1v) is 7.40. The van der Waals surface area contributed by atoms with Gasteiger partial charge in [-0.25, -0.2) is 0 Å². The fourth-order valence-electron chi connectivity index (χ4n) is 1.79. The van der Waals surface area contributed by atoms with Crippen LogP contribution in [0.4, 0.5) is 0 Å². The van der Waals surface area contributed by atoms with Crippen LogP contribution in [0.3, 0.4) is 0 Å². The summed E-state index contributed by atoms with van der Waals surface area (Å²) in [6.45, 7) is 4.25.